The van der Waals surface area contributed by atoms with Gasteiger partial charge in [0.25, 0.3) is 0 Å². The Morgan fingerprint density at radius 2 is 2.15 bits per heavy atom. The summed E-state index contributed by atoms with van der Waals surface area (Å²) in [4.78, 5) is 9.09. The zero-order chi connectivity index (χ0) is 17.5. The Balaban J connectivity index is 1.48. The van der Waals surface area contributed by atoms with E-state index in [1.165, 1.54) is 0 Å². The highest BCUT2D eigenvalue weighted by Gasteiger charge is 2.23. The lowest BCUT2D eigenvalue weighted by Crippen LogP contribution is -2.35. The van der Waals surface area contributed by atoms with Crippen LogP contribution < -0.4 is 16.0 Å². The van der Waals surface area contributed by atoms with Gasteiger partial charge in [-0.2, -0.15) is 10.2 Å². The van der Waals surface area contributed by atoms with Crippen LogP contribution in [0.4, 0.5) is 11.5 Å². The summed E-state index contributed by atoms with van der Waals surface area (Å²) in [6, 6.07) is 7.92. The number of anilines is 2. The third-order valence-electron chi connectivity index (χ3n) is 4.43. The van der Waals surface area contributed by atoms with E-state index < -0.39 is 0 Å². The zero-order valence-corrected chi connectivity index (χ0v) is 14.1. The summed E-state index contributed by atoms with van der Waals surface area (Å²) in [5.41, 5.74) is 10.8. The van der Waals surface area contributed by atoms with Gasteiger partial charge in [0, 0.05) is 29.9 Å². The van der Waals surface area contributed by atoms with E-state index in [9.17, 15) is 0 Å². The molecule has 0 atom stereocenters. The van der Waals surface area contributed by atoms with Crippen LogP contribution in [0.2, 0.25) is 0 Å². The average molecular weight is 347 g/mol. The Hall–Kier alpha value is -3.46. The molecule has 1 aliphatic rings. The molecule has 0 radical (unpaired) electrons. The molecule has 0 aliphatic carbocycles. The molecule has 1 aliphatic heterocycles. The smallest absolute Gasteiger partial charge is 0.170 e. The van der Waals surface area contributed by atoms with Crippen molar-refractivity contribution >= 4 is 22.5 Å². The van der Waals surface area contributed by atoms with Gasteiger partial charge in [0.05, 0.1) is 29.8 Å². The molecule has 0 bridgehead atoms. The fraction of sp³-hybridized carbons (Fsp3) is 0.176. The number of aromatic nitrogens is 6. The number of nitrogens with zero attached hydrogens (tertiary/aromatic N) is 6. The molecule has 26 heavy (non-hydrogen) atoms. The molecular weight excluding hydrogens is 330 g/mol. The van der Waals surface area contributed by atoms with Crippen molar-refractivity contribution in [3.63, 3.8) is 0 Å². The van der Waals surface area contributed by atoms with Gasteiger partial charge in [-0.3, -0.25) is 14.8 Å². The maximum atomic E-state index is 4.81. The maximum absolute atomic E-state index is 4.81. The van der Waals surface area contributed by atoms with Crippen molar-refractivity contribution in [2.24, 2.45) is 0 Å². The highest BCUT2D eigenvalue weighted by molar-refractivity contribution is 5.79. The van der Waals surface area contributed by atoms with Gasteiger partial charge >= 0.3 is 0 Å². The Kier molecular flexibility index (Phi) is 3.32. The molecule has 3 N–H and O–H groups in total. The molecule has 4 aromatic rings. The number of fused-ring (bicyclic) bond motifs is 2. The summed E-state index contributed by atoms with van der Waals surface area (Å²) < 4.78 is 1.89. The number of aryl methyl sites for hydroxylation is 1. The van der Waals surface area contributed by atoms with Crippen LogP contribution in [0.25, 0.3) is 22.3 Å². The van der Waals surface area contributed by atoms with Crippen LogP contribution in [0.15, 0.2) is 42.9 Å². The summed E-state index contributed by atoms with van der Waals surface area (Å²) in [6.07, 6.45) is 5.59. The zero-order valence-electron chi connectivity index (χ0n) is 14.1. The number of hydrazine groups is 2. The monoisotopic (exact) mass is 347 g/mol. The lowest BCUT2D eigenvalue weighted by atomic mass is 10.2. The Morgan fingerprint density at radius 1 is 1.19 bits per heavy atom. The molecule has 0 spiro atoms. The fourth-order valence-corrected chi connectivity index (χ4v) is 3.05. The normalized spacial score (nSPS) is 13.2. The van der Waals surface area contributed by atoms with Crippen molar-refractivity contribution in [2.75, 3.05) is 10.4 Å². The minimum atomic E-state index is 0.552. The van der Waals surface area contributed by atoms with Crippen LogP contribution in [0.5, 0.6) is 0 Å². The second-order valence-electron chi connectivity index (χ2n) is 6.05. The maximum Gasteiger partial charge on any atom is 0.170 e. The van der Waals surface area contributed by atoms with Crippen molar-refractivity contribution in [3.05, 3.63) is 48.5 Å². The standard InChI is InChI=1S/C17H17N9/c1-2-25-9-11(8-19-25)13-5-6-14-17(20-13)26(24-22-14)10-15-12-4-3-7-18-16(12)23-21-15/h3-9,22,24H,2,10H2,1H3,(H,18,21,23). The lowest BCUT2D eigenvalue weighted by Gasteiger charge is -2.15. The molecule has 0 fully saturated rings. The summed E-state index contributed by atoms with van der Waals surface area (Å²) in [5, 5.41) is 14.6. The number of rotatable bonds is 4. The fourth-order valence-electron chi connectivity index (χ4n) is 3.05. The van der Waals surface area contributed by atoms with Gasteiger partial charge in [-0.05, 0) is 31.2 Å². The Bertz CT molecular complexity index is 1080. The second-order valence-corrected chi connectivity index (χ2v) is 6.05. The van der Waals surface area contributed by atoms with Crippen molar-refractivity contribution in [3.8, 4) is 11.3 Å². The summed E-state index contributed by atoms with van der Waals surface area (Å²) >= 11 is 0. The SMILES string of the molecule is CCn1cc(-c2ccc3c(n2)N(Cc2n[nH]c4ncccc24)NN3)cn1. The first-order chi connectivity index (χ1) is 12.8. The number of nitrogens with one attached hydrogen (secondary N) is 3. The molecule has 9 nitrogen and oxygen atoms in total. The van der Waals surface area contributed by atoms with Gasteiger partial charge in [-0.15, -0.1) is 5.53 Å². The van der Waals surface area contributed by atoms with Crippen LogP contribution in [0.1, 0.15) is 12.6 Å². The number of hydrogen-bond donors (Lipinski definition) is 3. The van der Waals surface area contributed by atoms with E-state index in [4.69, 9.17) is 4.98 Å². The highest BCUT2D eigenvalue weighted by atomic mass is 15.7. The molecule has 0 saturated carbocycles. The molecule has 4 aromatic heterocycles. The number of H-pyrrole nitrogens is 1. The van der Waals surface area contributed by atoms with Crippen LogP contribution in [0, 0.1) is 0 Å². The predicted molar refractivity (Wildman–Crippen MR) is 98.0 cm³/mol. The van der Waals surface area contributed by atoms with Gasteiger partial charge in [0.15, 0.2) is 11.5 Å². The number of aromatic amines is 1. The number of hydrogen-bond acceptors (Lipinski definition) is 7. The van der Waals surface area contributed by atoms with Crippen molar-refractivity contribution in [2.45, 2.75) is 20.0 Å². The van der Waals surface area contributed by atoms with Crippen molar-refractivity contribution in [1.29, 1.82) is 0 Å². The minimum Gasteiger partial charge on any atom is -0.300 e. The largest absolute Gasteiger partial charge is 0.300 e. The van der Waals surface area contributed by atoms with E-state index >= 15 is 0 Å². The number of pyridine rings is 2. The van der Waals surface area contributed by atoms with Crippen LogP contribution in [0.3, 0.4) is 0 Å². The Morgan fingerprint density at radius 3 is 3.04 bits per heavy atom. The molecule has 0 aromatic carbocycles. The first-order valence-electron chi connectivity index (χ1n) is 8.43. The van der Waals surface area contributed by atoms with Crippen molar-refractivity contribution in [1.82, 2.24) is 35.5 Å². The second kappa shape index (κ2) is 5.81. The Labute approximate surface area is 149 Å². The first-order valence-corrected chi connectivity index (χ1v) is 8.43. The predicted octanol–water partition coefficient (Wildman–Crippen LogP) is 2.09. The highest BCUT2D eigenvalue weighted by Crippen LogP contribution is 2.31. The molecule has 0 saturated heterocycles. The van der Waals surface area contributed by atoms with E-state index in [0.29, 0.717) is 6.54 Å². The molecule has 9 heteroatoms. The third kappa shape index (κ3) is 2.37. The first kappa shape index (κ1) is 14.8. The summed E-state index contributed by atoms with van der Waals surface area (Å²) in [5.74, 6) is 0.826. The summed E-state index contributed by atoms with van der Waals surface area (Å²) in [7, 11) is 0. The van der Waals surface area contributed by atoms with E-state index in [-0.39, 0.29) is 0 Å². The topological polar surface area (TPSA) is 99.6 Å². The molecule has 130 valence electrons. The van der Waals surface area contributed by atoms with Gasteiger partial charge < -0.3 is 5.43 Å². The quantitative estimate of drug-likeness (QED) is 0.520. The molecule has 5 rings (SSSR count). The van der Waals surface area contributed by atoms with Gasteiger partial charge in [-0.1, -0.05) is 0 Å². The van der Waals surface area contributed by atoms with E-state index in [0.717, 1.165) is 46.0 Å². The van der Waals surface area contributed by atoms with E-state index in [1.807, 2.05) is 46.3 Å². The van der Waals surface area contributed by atoms with E-state index in [2.05, 4.69) is 38.2 Å². The molecular formula is C17H17N9. The van der Waals surface area contributed by atoms with E-state index in [1.54, 1.807) is 6.20 Å². The minimum absolute atomic E-state index is 0.552. The van der Waals surface area contributed by atoms with Crippen LogP contribution in [-0.2, 0) is 13.1 Å². The van der Waals surface area contributed by atoms with Gasteiger partial charge in [-0.25, -0.2) is 9.97 Å². The molecule has 5 heterocycles. The molecule has 0 amide bonds. The molecule has 0 unspecified atom stereocenters. The third-order valence-corrected chi connectivity index (χ3v) is 4.43. The van der Waals surface area contributed by atoms with Crippen molar-refractivity contribution < 1.29 is 0 Å². The average Bonchev–Trinajstić information content (AvgIpc) is 3.41. The van der Waals surface area contributed by atoms with Crippen LogP contribution in [-0.4, -0.2) is 29.9 Å². The van der Waals surface area contributed by atoms with Crippen LogP contribution >= 0.6 is 0 Å². The van der Waals surface area contributed by atoms with Gasteiger partial charge in [0.2, 0.25) is 0 Å². The lowest BCUT2D eigenvalue weighted by molar-refractivity contribution is 0.660. The van der Waals surface area contributed by atoms with Gasteiger partial charge in [0.1, 0.15) is 0 Å². The summed E-state index contributed by atoms with van der Waals surface area (Å²) in [6.45, 7) is 3.45.